The van der Waals surface area contributed by atoms with Crippen molar-refractivity contribution >= 4 is 0 Å². The molecule has 0 spiro atoms. The Bertz CT molecular complexity index is 494. The van der Waals surface area contributed by atoms with Crippen LogP contribution in [0.4, 0.5) is 0 Å². The van der Waals surface area contributed by atoms with Crippen molar-refractivity contribution in [3.8, 4) is 0 Å². The third-order valence-electron chi connectivity index (χ3n) is 5.36. The maximum atomic E-state index is 10.2. The van der Waals surface area contributed by atoms with Gasteiger partial charge in [-0.1, -0.05) is 20.3 Å². The number of aliphatic hydroxyl groups is 7. The molecule has 0 aromatic carbocycles. The van der Waals surface area contributed by atoms with Gasteiger partial charge in [-0.15, -0.1) is 0 Å². The minimum atomic E-state index is -2.19. The number of ether oxygens (including phenoxy) is 4. The standard InChI is InChI=1S/C18H34O11/c1-3-4-9(2)6-26-7-11-12(21)14(23)15(24)17(27-11)29-18(8-20)16(25)13(22)10(5-19)28-18/h9-17,19-25H,3-8H2,1-2H3/t9?,10-,11-,12-,13-,14+,15-,16+,17-,18+/m1/s1. The minimum Gasteiger partial charge on any atom is -0.394 e. The highest BCUT2D eigenvalue weighted by Crippen LogP contribution is 2.36. The summed E-state index contributed by atoms with van der Waals surface area (Å²) >= 11 is 0. The van der Waals surface area contributed by atoms with Crippen molar-refractivity contribution in [3.63, 3.8) is 0 Å². The van der Waals surface area contributed by atoms with E-state index in [0.717, 1.165) is 12.8 Å². The van der Waals surface area contributed by atoms with Gasteiger partial charge in [0.15, 0.2) is 6.29 Å². The molecule has 2 saturated heterocycles. The molecule has 11 heteroatoms. The summed E-state index contributed by atoms with van der Waals surface area (Å²) in [5.41, 5.74) is 0. The lowest BCUT2D eigenvalue weighted by Gasteiger charge is -2.43. The molecular weight excluding hydrogens is 392 g/mol. The van der Waals surface area contributed by atoms with E-state index in [0.29, 0.717) is 12.5 Å². The quantitative estimate of drug-likeness (QED) is 0.190. The Labute approximate surface area is 169 Å². The first-order valence-corrected chi connectivity index (χ1v) is 9.91. The summed E-state index contributed by atoms with van der Waals surface area (Å²) < 4.78 is 21.8. The van der Waals surface area contributed by atoms with Gasteiger partial charge in [-0.3, -0.25) is 0 Å². The monoisotopic (exact) mass is 426 g/mol. The van der Waals surface area contributed by atoms with Crippen LogP contribution in [-0.2, 0) is 18.9 Å². The van der Waals surface area contributed by atoms with Gasteiger partial charge in [0, 0.05) is 6.61 Å². The zero-order chi connectivity index (χ0) is 21.8. The first-order valence-electron chi connectivity index (χ1n) is 9.91. The van der Waals surface area contributed by atoms with Crippen LogP contribution in [0.1, 0.15) is 26.7 Å². The van der Waals surface area contributed by atoms with Crippen LogP contribution < -0.4 is 0 Å². The second-order valence-corrected chi connectivity index (χ2v) is 7.81. The van der Waals surface area contributed by atoms with Gasteiger partial charge in [0.1, 0.15) is 49.3 Å². The number of hydrogen-bond acceptors (Lipinski definition) is 11. The first-order chi connectivity index (χ1) is 13.7. The molecule has 2 rings (SSSR count). The summed E-state index contributed by atoms with van der Waals surface area (Å²) in [4.78, 5) is 0. The molecule has 0 aromatic rings. The minimum absolute atomic E-state index is 0.0870. The van der Waals surface area contributed by atoms with E-state index in [-0.39, 0.29) is 6.61 Å². The molecule has 0 radical (unpaired) electrons. The Morgan fingerprint density at radius 1 is 0.966 bits per heavy atom. The summed E-state index contributed by atoms with van der Waals surface area (Å²) in [5, 5.41) is 69.6. The molecule has 0 bridgehead atoms. The van der Waals surface area contributed by atoms with Crippen molar-refractivity contribution in [2.24, 2.45) is 5.92 Å². The van der Waals surface area contributed by atoms with Crippen LogP contribution in [0.5, 0.6) is 0 Å². The molecule has 2 fully saturated rings. The van der Waals surface area contributed by atoms with E-state index in [1.807, 2.05) is 6.92 Å². The third-order valence-corrected chi connectivity index (χ3v) is 5.36. The zero-order valence-electron chi connectivity index (χ0n) is 16.7. The molecule has 0 aromatic heterocycles. The maximum Gasteiger partial charge on any atom is 0.224 e. The van der Waals surface area contributed by atoms with Gasteiger partial charge in [0.2, 0.25) is 5.79 Å². The Hall–Kier alpha value is -0.440. The fourth-order valence-electron chi connectivity index (χ4n) is 3.58. The first kappa shape index (κ1) is 24.8. The van der Waals surface area contributed by atoms with Crippen LogP contribution in [0, 0.1) is 5.92 Å². The van der Waals surface area contributed by atoms with Crippen molar-refractivity contribution < 1.29 is 54.7 Å². The molecule has 2 aliphatic rings. The van der Waals surface area contributed by atoms with Crippen LogP contribution in [0.25, 0.3) is 0 Å². The van der Waals surface area contributed by atoms with Gasteiger partial charge < -0.3 is 54.7 Å². The summed E-state index contributed by atoms with van der Waals surface area (Å²) in [6, 6.07) is 0. The molecule has 10 atom stereocenters. The Kier molecular flexibility index (Phi) is 9.19. The van der Waals surface area contributed by atoms with Crippen molar-refractivity contribution in [2.45, 2.75) is 81.5 Å². The van der Waals surface area contributed by atoms with Gasteiger partial charge in [0.05, 0.1) is 13.2 Å². The molecule has 172 valence electrons. The van der Waals surface area contributed by atoms with E-state index in [4.69, 9.17) is 18.9 Å². The highest BCUT2D eigenvalue weighted by molar-refractivity contribution is 4.98. The molecule has 2 aliphatic heterocycles. The van der Waals surface area contributed by atoms with Gasteiger partial charge >= 0.3 is 0 Å². The lowest BCUT2D eigenvalue weighted by Crippen LogP contribution is -2.62. The topological polar surface area (TPSA) is 179 Å². The summed E-state index contributed by atoms with van der Waals surface area (Å²) in [5.74, 6) is -1.90. The lowest BCUT2D eigenvalue weighted by atomic mass is 9.98. The fraction of sp³-hybridized carbons (Fsp3) is 1.00. The predicted molar refractivity (Wildman–Crippen MR) is 96.4 cm³/mol. The molecule has 0 saturated carbocycles. The average Bonchev–Trinajstić information content (AvgIpc) is 2.94. The molecular formula is C18H34O11. The SMILES string of the molecule is CCCC(C)COC[C@H]1O[C@H](O[C@]2(CO)O[C@H](CO)[C@@H](O)[C@@H]2O)[C@H](O)[C@@H](O)[C@@H]1O. The van der Waals surface area contributed by atoms with Gasteiger partial charge in [0.25, 0.3) is 0 Å². The maximum absolute atomic E-state index is 10.2. The smallest absolute Gasteiger partial charge is 0.224 e. The van der Waals surface area contributed by atoms with Crippen molar-refractivity contribution in [3.05, 3.63) is 0 Å². The van der Waals surface area contributed by atoms with Crippen LogP contribution in [0.3, 0.4) is 0 Å². The molecule has 2 heterocycles. The van der Waals surface area contributed by atoms with E-state index >= 15 is 0 Å². The van der Waals surface area contributed by atoms with Crippen LogP contribution in [0.2, 0.25) is 0 Å². The van der Waals surface area contributed by atoms with Gasteiger partial charge in [-0.2, -0.15) is 0 Å². The Morgan fingerprint density at radius 3 is 2.21 bits per heavy atom. The largest absolute Gasteiger partial charge is 0.394 e. The van der Waals surface area contributed by atoms with E-state index in [2.05, 4.69) is 6.92 Å². The molecule has 1 unspecified atom stereocenters. The molecule has 0 aliphatic carbocycles. The number of hydrogen-bond donors (Lipinski definition) is 7. The van der Waals surface area contributed by atoms with Crippen LogP contribution in [0.15, 0.2) is 0 Å². The predicted octanol–water partition coefficient (Wildman–Crippen LogP) is -2.94. The normalized spacial score (nSPS) is 44.2. The second kappa shape index (κ2) is 10.7. The highest BCUT2D eigenvalue weighted by Gasteiger charge is 2.58. The van der Waals surface area contributed by atoms with Crippen molar-refractivity contribution in [1.29, 1.82) is 0 Å². The summed E-state index contributed by atoms with van der Waals surface area (Å²) in [6.07, 6.45) is -10.1. The Balaban J connectivity index is 2.05. The zero-order valence-corrected chi connectivity index (χ0v) is 16.7. The second-order valence-electron chi connectivity index (χ2n) is 7.81. The van der Waals surface area contributed by atoms with E-state index < -0.39 is 68.0 Å². The van der Waals surface area contributed by atoms with Crippen LogP contribution >= 0.6 is 0 Å². The van der Waals surface area contributed by atoms with E-state index in [9.17, 15) is 35.7 Å². The molecule has 11 nitrogen and oxygen atoms in total. The average molecular weight is 426 g/mol. The lowest BCUT2D eigenvalue weighted by molar-refractivity contribution is -0.384. The van der Waals surface area contributed by atoms with Gasteiger partial charge in [-0.25, -0.2) is 0 Å². The third kappa shape index (κ3) is 5.43. The number of rotatable bonds is 10. The van der Waals surface area contributed by atoms with E-state index in [1.165, 1.54) is 0 Å². The molecule has 0 amide bonds. The van der Waals surface area contributed by atoms with Crippen molar-refractivity contribution in [2.75, 3.05) is 26.4 Å². The van der Waals surface area contributed by atoms with Crippen LogP contribution in [-0.4, -0.2) is 117 Å². The fourth-order valence-corrected chi connectivity index (χ4v) is 3.58. The number of aliphatic hydroxyl groups excluding tert-OH is 7. The van der Waals surface area contributed by atoms with E-state index in [1.54, 1.807) is 0 Å². The highest BCUT2D eigenvalue weighted by atomic mass is 16.8. The Morgan fingerprint density at radius 2 is 1.66 bits per heavy atom. The van der Waals surface area contributed by atoms with Crippen molar-refractivity contribution in [1.82, 2.24) is 0 Å². The summed E-state index contributed by atoms with van der Waals surface area (Å²) in [7, 11) is 0. The molecule has 29 heavy (non-hydrogen) atoms. The summed E-state index contributed by atoms with van der Waals surface area (Å²) in [6.45, 7) is 2.82. The van der Waals surface area contributed by atoms with Gasteiger partial charge in [-0.05, 0) is 12.3 Å². The molecule has 7 N–H and O–H groups in total.